The molecule has 1 aliphatic carbocycles. The Labute approximate surface area is 202 Å². The fourth-order valence-electron chi connectivity index (χ4n) is 4.06. The number of aryl methyl sites for hydroxylation is 2. The van der Waals surface area contributed by atoms with E-state index in [0.29, 0.717) is 49.1 Å². The van der Waals surface area contributed by atoms with E-state index in [1.54, 1.807) is 12.5 Å². The van der Waals surface area contributed by atoms with E-state index in [1.807, 2.05) is 4.57 Å². The van der Waals surface area contributed by atoms with Crippen LogP contribution in [0, 0.1) is 0 Å². The first-order valence-electron chi connectivity index (χ1n) is 10.9. The van der Waals surface area contributed by atoms with Gasteiger partial charge in [0.2, 0.25) is 17.2 Å². The number of oxazole rings is 1. The number of nitrogens with two attached hydrogens (primary N) is 1. The highest BCUT2D eigenvalue weighted by Gasteiger charge is 2.22. The minimum Gasteiger partial charge on any atom is -0.444 e. The van der Waals surface area contributed by atoms with E-state index < -0.39 is 11.3 Å². The molecule has 1 aromatic carbocycles. The average Bonchev–Trinajstić information content (AvgIpc) is 3.56. The molecular formula is C21H24N8O3S2. The standard InChI is InChI=1S/C21H24N8O3S2/c22-18-17-19(26-12-25-18)29(8-6-23-4-5-27-34(30)31)21(28-17)33-16-11-14-3-1-2-13(14)10-15(16)20-24-7-9-32-20/h7,9-12,23,27H,1-6,8H2,(H,30,31)(H2,22,25,26). The lowest BCUT2D eigenvalue weighted by Gasteiger charge is -2.12. The largest absolute Gasteiger partial charge is 0.444 e. The van der Waals surface area contributed by atoms with Gasteiger partial charge in [-0.25, -0.2) is 28.9 Å². The van der Waals surface area contributed by atoms with Crippen LogP contribution in [0.2, 0.25) is 0 Å². The molecule has 0 saturated heterocycles. The van der Waals surface area contributed by atoms with Gasteiger partial charge in [0, 0.05) is 31.1 Å². The van der Waals surface area contributed by atoms with Crippen molar-refractivity contribution in [2.45, 2.75) is 35.9 Å². The lowest BCUT2D eigenvalue weighted by molar-refractivity contribution is 0.539. The Morgan fingerprint density at radius 1 is 1.18 bits per heavy atom. The third-order valence-electron chi connectivity index (χ3n) is 5.62. The number of rotatable bonds is 10. The molecule has 3 aromatic heterocycles. The minimum atomic E-state index is -2.02. The first-order valence-corrected chi connectivity index (χ1v) is 12.8. The highest BCUT2D eigenvalue weighted by Crippen LogP contribution is 2.40. The summed E-state index contributed by atoms with van der Waals surface area (Å²) in [4.78, 5) is 18.7. The first-order chi connectivity index (χ1) is 16.6. The second-order valence-corrected chi connectivity index (χ2v) is 9.58. The molecule has 5 N–H and O–H groups in total. The SMILES string of the molecule is Nc1ncnc2c1nc(Sc1cc3c(cc1-c1ncco1)CCC3)n2CCNCCNS(=O)O. The highest BCUT2D eigenvalue weighted by atomic mass is 32.2. The Hall–Kier alpha value is -2.84. The van der Waals surface area contributed by atoms with Crippen molar-refractivity contribution < 1.29 is 13.2 Å². The Bertz CT molecular complexity index is 1330. The van der Waals surface area contributed by atoms with Crippen molar-refractivity contribution in [2.24, 2.45) is 0 Å². The summed E-state index contributed by atoms with van der Waals surface area (Å²) in [5, 5.41) is 3.99. The number of fused-ring (bicyclic) bond motifs is 2. The van der Waals surface area contributed by atoms with Gasteiger partial charge in [-0.15, -0.1) is 0 Å². The van der Waals surface area contributed by atoms with E-state index in [1.165, 1.54) is 29.2 Å². The zero-order valence-corrected chi connectivity index (χ0v) is 19.9. The zero-order chi connectivity index (χ0) is 23.5. The van der Waals surface area contributed by atoms with Gasteiger partial charge in [0.15, 0.2) is 22.1 Å². The smallest absolute Gasteiger partial charge is 0.231 e. The van der Waals surface area contributed by atoms with Gasteiger partial charge in [0.25, 0.3) is 0 Å². The van der Waals surface area contributed by atoms with Crippen LogP contribution in [-0.4, -0.2) is 52.9 Å². The van der Waals surface area contributed by atoms with Crippen molar-refractivity contribution in [1.29, 1.82) is 0 Å². The fourth-order valence-corrected chi connectivity index (χ4v) is 5.42. The summed E-state index contributed by atoms with van der Waals surface area (Å²) in [5.41, 5.74) is 10.9. The number of aromatic nitrogens is 5. The maximum absolute atomic E-state index is 10.7. The quantitative estimate of drug-likeness (QED) is 0.188. The van der Waals surface area contributed by atoms with Gasteiger partial charge >= 0.3 is 0 Å². The molecule has 0 fully saturated rings. The van der Waals surface area contributed by atoms with Crippen LogP contribution < -0.4 is 15.8 Å². The van der Waals surface area contributed by atoms with Crippen LogP contribution in [0.1, 0.15) is 17.5 Å². The number of hydrogen-bond acceptors (Lipinski definition) is 9. The van der Waals surface area contributed by atoms with Crippen LogP contribution in [0.5, 0.6) is 0 Å². The molecule has 0 amide bonds. The predicted molar refractivity (Wildman–Crippen MR) is 129 cm³/mol. The number of nitrogens with zero attached hydrogens (tertiary/aromatic N) is 5. The zero-order valence-electron chi connectivity index (χ0n) is 18.2. The maximum atomic E-state index is 10.7. The number of nitrogen functional groups attached to an aromatic ring is 1. The van der Waals surface area contributed by atoms with Crippen LogP contribution in [0.4, 0.5) is 5.82 Å². The summed E-state index contributed by atoms with van der Waals surface area (Å²) in [6.45, 7) is 2.10. The predicted octanol–water partition coefficient (Wildman–Crippen LogP) is 2.02. The van der Waals surface area contributed by atoms with E-state index in [4.69, 9.17) is 19.7 Å². The molecule has 1 unspecified atom stereocenters. The Morgan fingerprint density at radius 2 is 2.03 bits per heavy atom. The van der Waals surface area contributed by atoms with E-state index in [9.17, 15) is 4.21 Å². The lowest BCUT2D eigenvalue weighted by Crippen LogP contribution is -2.30. The van der Waals surface area contributed by atoms with Crippen LogP contribution >= 0.6 is 11.8 Å². The maximum Gasteiger partial charge on any atom is 0.231 e. The van der Waals surface area contributed by atoms with Gasteiger partial charge in [-0.05, 0) is 42.5 Å². The van der Waals surface area contributed by atoms with Gasteiger partial charge in [-0.1, -0.05) is 11.8 Å². The van der Waals surface area contributed by atoms with Crippen molar-refractivity contribution in [2.75, 3.05) is 25.4 Å². The summed E-state index contributed by atoms with van der Waals surface area (Å²) < 4.78 is 29.6. The molecule has 11 nitrogen and oxygen atoms in total. The summed E-state index contributed by atoms with van der Waals surface area (Å²) in [7, 11) is 0. The monoisotopic (exact) mass is 500 g/mol. The topological polar surface area (TPSA) is 157 Å². The second-order valence-electron chi connectivity index (χ2n) is 7.78. The molecule has 4 aromatic rings. The third-order valence-corrected chi connectivity index (χ3v) is 7.13. The van der Waals surface area contributed by atoms with Gasteiger partial charge in [-0.3, -0.25) is 4.55 Å². The van der Waals surface area contributed by atoms with Crippen molar-refractivity contribution >= 4 is 40.0 Å². The summed E-state index contributed by atoms with van der Waals surface area (Å²) in [6.07, 6.45) is 7.92. The fraction of sp³-hybridized carbons (Fsp3) is 0.333. The summed E-state index contributed by atoms with van der Waals surface area (Å²) in [5.74, 6) is 0.907. The molecule has 0 aliphatic heterocycles. The molecule has 0 radical (unpaired) electrons. The van der Waals surface area contributed by atoms with Crippen LogP contribution in [-0.2, 0) is 30.7 Å². The van der Waals surface area contributed by atoms with Crippen molar-refractivity contribution in [1.82, 2.24) is 34.5 Å². The molecule has 13 heteroatoms. The van der Waals surface area contributed by atoms with E-state index in [2.05, 4.69) is 37.1 Å². The number of imidazole rings is 1. The molecule has 0 spiro atoms. The van der Waals surface area contributed by atoms with E-state index in [-0.39, 0.29) is 0 Å². The Morgan fingerprint density at radius 3 is 2.82 bits per heavy atom. The number of hydrogen-bond donors (Lipinski definition) is 4. The normalized spacial score (nSPS) is 14.0. The van der Waals surface area contributed by atoms with E-state index in [0.717, 1.165) is 34.9 Å². The minimum absolute atomic E-state index is 0.329. The molecule has 3 heterocycles. The van der Waals surface area contributed by atoms with Crippen LogP contribution in [0.25, 0.3) is 22.6 Å². The molecule has 0 bridgehead atoms. The number of anilines is 1. The Kier molecular flexibility index (Phi) is 6.87. The molecule has 1 aliphatic rings. The first kappa shape index (κ1) is 22.9. The van der Waals surface area contributed by atoms with Gasteiger partial charge in [0.1, 0.15) is 12.6 Å². The molecule has 5 rings (SSSR count). The molecule has 1 atom stereocenters. The van der Waals surface area contributed by atoms with Crippen molar-refractivity contribution in [3.63, 3.8) is 0 Å². The van der Waals surface area contributed by atoms with Crippen LogP contribution in [0.15, 0.2) is 45.4 Å². The van der Waals surface area contributed by atoms with Gasteiger partial charge in [0.05, 0.1) is 11.8 Å². The second kappa shape index (κ2) is 10.2. The summed E-state index contributed by atoms with van der Waals surface area (Å²) >= 11 is -0.489. The number of benzene rings is 1. The molecule has 0 saturated carbocycles. The number of nitrogens with one attached hydrogen (secondary N) is 2. The van der Waals surface area contributed by atoms with E-state index >= 15 is 0 Å². The highest BCUT2D eigenvalue weighted by molar-refractivity contribution is 7.99. The van der Waals surface area contributed by atoms with Crippen molar-refractivity contribution in [3.05, 3.63) is 42.0 Å². The van der Waals surface area contributed by atoms with Gasteiger partial charge < -0.3 is 20.0 Å². The Balaban J connectivity index is 1.45. The molecule has 34 heavy (non-hydrogen) atoms. The molecule has 178 valence electrons. The molecular weight excluding hydrogens is 476 g/mol. The lowest BCUT2D eigenvalue weighted by atomic mass is 10.1. The summed E-state index contributed by atoms with van der Waals surface area (Å²) in [6, 6.07) is 4.39. The average molecular weight is 501 g/mol. The van der Waals surface area contributed by atoms with Crippen molar-refractivity contribution in [3.8, 4) is 11.5 Å². The third kappa shape index (κ3) is 4.83. The van der Waals surface area contributed by atoms with Crippen LogP contribution in [0.3, 0.4) is 0 Å². The van der Waals surface area contributed by atoms with Gasteiger partial charge in [-0.2, -0.15) is 0 Å².